The first-order valence-corrected chi connectivity index (χ1v) is 7.86. The second kappa shape index (κ2) is 5.00. The zero-order valence-corrected chi connectivity index (χ0v) is 12.9. The Labute approximate surface area is 122 Å². The van der Waals surface area contributed by atoms with Crippen LogP contribution in [0.1, 0.15) is 42.1 Å². The predicted molar refractivity (Wildman–Crippen MR) is 79.0 cm³/mol. The van der Waals surface area contributed by atoms with Crippen molar-refractivity contribution in [3.05, 3.63) is 21.4 Å². The Balaban J connectivity index is 2.09. The minimum absolute atomic E-state index is 0.00890. The van der Waals surface area contributed by atoms with E-state index in [9.17, 15) is 0 Å². The van der Waals surface area contributed by atoms with E-state index in [0.717, 1.165) is 16.0 Å². The van der Waals surface area contributed by atoms with E-state index in [2.05, 4.69) is 18.8 Å². The van der Waals surface area contributed by atoms with Crippen LogP contribution < -0.4 is 0 Å². The van der Waals surface area contributed by atoms with Gasteiger partial charge in [-0.2, -0.15) is 0 Å². The summed E-state index contributed by atoms with van der Waals surface area (Å²) < 4.78 is 5.81. The van der Waals surface area contributed by atoms with Crippen LogP contribution in [0.25, 0.3) is 10.2 Å². The number of thiophene rings is 1. The summed E-state index contributed by atoms with van der Waals surface area (Å²) in [6.07, 6.45) is 2.41. The third-order valence-corrected chi connectivity index (χ3v) is 5.03. The molecule has 1 fully saturated rings. The quantitative estimate of drug-likeness (QED) is 0.782. The van der Waals surface area contributed by atoms with Crippen molar-refractivity contribution < 1.29 is 4.74 Å². The fourth-order valence-electron chi connectivity index (χ4n) is 2.34. The monoisotopic (exact) mass is 296 g/mol. The fourth-order valence-corrected chi connectivity index (χ4v) is 3.75. The molecule has 1 unspecified atom stereocenters. The Bertz CT molecular complexity index is 621. The summed E-state index contributed by atoms with van der Waals surface area (Å²) in [5.74, 6) is 1.32. The predicted octanol–water partition coefficient (Wildman–Crippen LogP) is 4.45. The standard InChI is InChI=1S/C14H17ClN2OS/c1-4-18-11(9-5-6-9)13-16-12(15)10-7(2)8(3)19-14(10)17-13/h9,11H,4-6H2,1-3H3. The minimum Gasteiger partial charge on any atom is -0.370 e. The van der Waals surface area contributed by atoms with Gasteiger partial charge in [0.2, 0.25) is 0 Å². The molecule has 0 aliphatic heterocycles. The molecule has 1 aliphatic carbocycles. The van der Waals surface area contributed by atoms with Crippen LogP contribution in [0.2, 0.25) is 5.15 Å². The number of rotatable bonds is 4. The van der Waals surface area contributed by atoms with Gasteiger partial charge in [-0.1, -0.05) is 11.6 Å². The van der Waals surface area contributed by atoms with Gasteiger partial charge in [0, 0.05) is 11.5 Å². The first-order valence-electron chi connectivity index (χ1n) is 6.66. The Kier molecular flexibility index (Phi) is 3.50. The molecule has 0 amide bonds. The molecule has 0 N–H and O–H groups in total. The summed E-state index contributed by atoms with van der Waals surface area (Å²) >= 11 is 8.03. The Morgan fingerprint density at radius 2 is 2.11 bits per heavy atom. The second-order valence-electron chi connectivity index (χ2n) is 5.05. The lowest BCUT2D eigenvalue weighted by atomic mass is 10.2. The second-order valence-corrected chi connectivity index (χ2v) is 6.61. The molecule has 2 aromatic heterocycles. The number of aromatic nitrogens is 2. The van der Waals surface area contributed by atoms with Crippen molar-refractivity contribution in [1.29, 1.82) is 0 Å². The lowest BCUT2D eigenvalue weighted by Crippen LogP contribution is -2.11. The number of fused-ring (bicyclic) bond motifs is 1. The van der Waals surface area contributed by atoms with Crippen LogP contribution in [0.4, 0.5) is 0 Å². The van der Waals surface area contributed by atoms with E-state index in [1.807, 2.05) is 6.92 Å². The van der Waals surface area contributed by atoms with Gasteiger partial charge >= 0.3 is 0 Å². The third-order valence-electron chi connectivity index (χ3n) is 3.65. The van der Waals surface area contributed by atoms with Crippen molar-refractivity contribution in [3.8, 4) is 0 Å². The van der Waals surface area contributed by atoms with E-state index < -0.39 is 0 Å². The summed E-state index contributed by atoms with van der Waals surface area (Å²) in [4.78, 5) is 11.4. The van der Waals surface area contributed by atoms with Gasteiger partial charge in [0.15, 0.2) is 5.82 Å². The average molecular weight is 297 g/mol. The van der Waals surface area contributed by atoms with E-state index in [1.165, 1.54) is 23.3 Å². The molecule has 0 aromatic carbocycles. The number of ether oxygens (including phenoxy) is 1. The van der Waals surface area contributed by atoms with Crippen molar-refractivity contribution in [1.82, 2.24) is 9.97 Å². The van der Waals surface area contributed by atoms with Crippen molar-refractivity contribution in [3.63, 3.8) is 0 Å². The molecule has 5 heteroatoms. The topological polar surface area (TPSA) is 35.0 Å². The van der Waals surface area contributed by atoms with Gasteiger partial charge in [-0.15, -0.1) is 11.3 Å². The molecule has 0 spiro atoms. The van der Waals surface area contributed by atoms with Crippen LogP contribution in [0.3, 0.4) is 0 Å². The van der Waals surface area contributed by atoms with Gasteiger partial charge in [0.1, 0.15) is 16.1 Å². The van der Waals surface area contributed by atoms with Crippen LogP contribution in [0.5, 0.6) is 0 Å². The van der Waals surface area contributed by atoms with E-state index >= 15 is 0 Å². The molecule has 1 atom stereocenters. The van der Waals surface area contributed by atoms with Crippen molar-refractivity contribution in [2.24, 2.45) is 5.92 Å². The molecule has 3 rings (SSSR count). The van der Waals surface area contributed by atoms with E-state index in [4.69, 9.17) is 21.3 Å². The molecule has 1 saturated carbocycles. The smallest absolute Gasteiger partial charge is 0.160 e. The van der Waals surface area contributed by atoms with Crippen molar-refractivity contribution >= 4 is 33.2 Å². The largest absolute Gasteiger partial charge is 0.370 e. The maximum Gasteiger partial charge on any atom is 0.160 e. The van der Waals surface area contributed by atoms with Gasteiger partial charge in [-0.3, -0.25) is 0 Å². The molecular weight excluding hydrogens is 280 g/mol. The van der Waals surface area contributed by atoms with Crippen LogP contribution in [0.15, 0.2) is 0 Å². The van der Waals surface area contributed by atoms with Gasteiger partial charge in [0.25, 0.3) is 0 Å². The molecule has 102 valence electrons. The number of aryl methyl sites for hydroxylation is 2. The van der Waals surface area contributed by atoms with Gasteiger partial charge in [0.05, 0.1) is 5.39 Å². The minimum atomic E-state index is 0.00890. The van der Waals surface area contributed by atoms with Crippen LogP contribution in [0, 0.1) is 19.8 Å². The van der Waals surface area contributed by atoms with Gasteiger partial charge in [-0.05, 0) is 45.1 Å². The van der Waals surface area contributed by atoms with Crippen LogP contribution >= 0.6 is 22.9 Å². The maximum absolute atomic E-state index is 6.35. The maximum atomic E-state index is 6.35. The fraction of sp³-hybridized carbons (Fsp3) is 0.571. The molecule has 2 heterocycles. The molecule has 0 bridgehead atoms. The third kappa shape index (κ3) is 2.37. The molecule has 2 aromatic rings. The summed E-state index contributed by atoms with van der Waals surface area (Å²) in [6, 6.07) is 0. The lowest BCUT2D eigenvalue weighted by Gasteiger charge is -2.15. The highest BCUT2D eigenvalue weighted by Crippen LogP contribution is 2.43. The van der Waals surface area contributed by atoms with Crippen LogP contribution in [-0.4, -0.2) is 16.6 Å². The summed E-state index contributed by atoms with van der Waals surface area (Å²) in [7, 11) is 0. The average Bonchev–Trinajstić information content (AvgIpc) is 3.14. The van der Waals surface area contributed by atoms with Crippen molar-refractivity contribution in [2.45, 2.75) is 39.7 Å². The highest BCUT2D eigenvalue weighted by molar-refractivity contribution is 7.18. The summed E-state index contributed by atoms with van der Waals surface area (Å²) in [5, 5.41) is 1.56. The molecule has 0 saturated heterocycles. The molecule has 1 aliphatic rings. The Hall–Kier alpha value is -0.710. The normalized spacial score (nSPS) is 17.1. The van der Waals surface area contributed by atoms with E-state index in [0.29, 0.717) is 17.7 Å². The summed E-state index contributed by atoms with van der Waals surface area (Å²) in [6.45, 7) is 6.86. The number of nitrogens with zero attached hydrogens (tertiary/aromatic N) is 2. The Morgan fingerprint density at radius 1 is 1.37 bits per heavy atom. The zero-order valence-electron chi connectivity index (χ0n) is 11.4. The molecule has 19 heavy (non-hydrogen) atoms. The van der Waals surface area contributed by atoms with Gasteiger partial charge < -0.3 is 4.74 Å². The van der Waals surface area contributed by atoms with Crippen LogP contribution in [-0.2, 0) is 4.74 Å². The molecular formula is C14H17ClN2OS. The van der Waals surface area contributed by atoms with Gasteiger partial charge in [-0.25, -0.2) is 9.97 Å². The SMILES string of the molecule is CCOC(c1nc(Cl)c2c(C)c(C)sc2n1)C1CC1. The zero-order chi connectivity index (χ0) is 13.6. The molecule has 0 radical (unpaired) electrons. The Morgan fingerprint density at radius 3 is 2.74 bits per heavy atom. The van der Waals surface area contributed by atoms with E-state index in [1.54, 1.807) is 11.3 Å². The number of hydrogen-bond donors (Lipinski definition) is 0. The summed E-state index contributed by atoms with van der Waals surface area (Å²) in [5.41, 5.74) is 1.19. The number of hydrogen-bond acceptors (Lipinski definition) is 4. The number of halogens is 1. The lowest BCUT2D eigenvalue weighted by molar-refractivity contribution is 0.0403. The first-order chi connectivity index (χ1) is 9.11. The first kappa shape index (κ1) is 13.3. The highest BCUT2D eigenvalue weighted by Gasteiger charge is 2.35. The van der Waals surface area contributed by atoms with E-state index in [-0.39, 0.29) is 6.10 Å². The van der Waals surface area contributed by atoms with Crippen molar-refractivity contribution in [2.75, 3.05) is 6.61 Å². The highest BCUT2D eigenvalue weighted by atomic mass is 35.5. The molecule has 3 nitrogen and oxygen atoms in total.